The average Bonchev–Trinajstić information content (AvgIpc) is 2.63. The Morgan fingerprint density at radius 2 is 2.00 bits per heavy atom. The number of hydrogen-bond donors (Lipinski definition) is 0. The Kier molecular flexibility index (Phi) is 3.02. The van der Waals surface area contributed by atoms with Crippen molar-refractivity contribution in [2.45, 2.75) is 13.8 Å². The first-order valence-corrected chi connectivity index (χ1v) is 5.78. The molecule has 2 rings (SSSR count). The van der Waals surface area contributed by atoms with Crippen LogP contribution in [0.2, 0.25) is 0 Å². The molecule has 0 saturated carbocycles. The zero-order valence-electron chi connectivity index (χ0n) is 8.86. The van der Waals surface area contributed by atoms with Gasteiger partial charge in [-0.1, -0.05) is 30.3 Å². The van der Waals surface area contributed by atoms with Crippen LogP contribution in [-0.4, -0.2) is 11.6 Å². The van der Waals surface area contributed by atoms with E-state index in [-0.39, 0.29) is 0 Å². The van der Waals surface area contributed by atoms with E-state index in [1.54, 1.807) is 11.3 Å². The molecule has 78 valence electrons. The Balaban J connectivity index is 2.34. The lowest BCUT2D eigenvalue weighted by molar-refractivity contribution is 0.327. The number of aromatic nitrogens is 1. The minimum absolute atomic E-state index is 0.665. The molecule has 1 aromatic carbocycles. The maximum absolute atomic E-state index is 5.44. The Hall–Kier alpha value is -1.35. The van der Waals surface area contributed by atoms with Crippen molar-refractivity contribution < 1.29 is 4.74 Å². The number of nitrogens with zero attached hydrogens (tertiary/aromatic N) is 1. The molecule has 15 heavy (non-hydrogen) atoms. The Bertz CT molecular complexity index is 436. The van der Waals surface area contributed by atoms with Gasteiger partial charge in [-0.15, -0.1) is 11.3 Å². The molecule has 1 aromatic heterocycles. The highest BCUT2D eigenvalue weighted by molar-refractivity contribution is 7.15. The maximum Gasteiger partial charge on any atom is 0.227 e. The Morgan fingerprint density at radius 3 is 2.67 bits per heavy atom. The highest BCUT2D eigenvalue weighted by Crippen LogP contribution is 2.31. The molecule has 0 aliphatic rings. The summed E-state index contributed by atoms with van der Waals surface area (Å²) in [4.78, 5) is 5.60. The molecule has 0 fully saturated rings. The topological polar surface area (TPSA) is 22.1 Å². The van der Waals surface area contributed by atoms with Gasteiger partial charge in [-0.2, -0.15) is 0 Å². The predicted octanol–water partition coefficient (Wildman–Crippen LogP) is 3.52. The molecular formula is C12H13NOS. The van der Waals surface area contributed by atoms with E-state index in [9.17, 15) is 0 Å². The number of aryl methyl sites for hydroxylation is 1. The lowest BCUT2D eigenvalue weighted by Gasteiger charge is -1.97. The van der Waals surface area contributed by atoms with Crippen LogP contribution in [0.25, 0.3) is 10.6 Å². The summed E-state index contributed by atoms with van der Waals surface area (Å²) < 4.78 is 5.44. The molecule has 0 radical (unpaired) electrons. The molecule has 1 heterocycles. The summed E-state index contributed by atoms with van der Waals surface area (Å²) in [6, 6.07) is 10.2. The van der Waals surface area contributed by atoms with E-state index in [1.807, 2.05) is 32.0 Å². The molecule has 0 saturated heterocycles. The molecule has 2 aromatic rings. The summed E-state index contributed by atoms with van der Waals surface area (Å²) in [5.41, 5.74) is 1.15. The smallest absolute Gasteiger partial charge is 0.227 e. The summed E-state index contributed by atoms with van der Waals surface area (Å²) in [5.74, 6) is 0.765. The fraction of sp³-hybridized carbons (Fsp3) is 0.250. The van der Waals surface area contributed by atoms with E-state index in [1.165, 1.54) is 0 Å². The second-order valence-corrected chi connectivity index (χ2v) is 4.38. The number of benzene rings is 1. The minimum atomic E-state index is 0.665. The molecule has 0 bridgehead atoms. The third-order valence-electron chi connectivity index (χ3n) is 2.06. The van der Waals surface area contributed by atoms with Gasteiger partial charge in [-0.3, -0.25) is 0 Å². The van der Waals surface area contributed by atoms with Crippen molar-refractivity contribution in [2.24, 2.45) is 0 Å². The first-order valence-electron chi connectivity index (χ1n) is 4.97. The lowest BCUT2D eigenvalue weighted by atomic mass is 10.2. The van der Waals surface area contributed by atoms with Crippen molar-refractivity contribution in [1.82, 2.24) is 4.98 Å². The van der Waals surface area contributed by atoms with E-state index in [0.29, 0.717) is 6.61 Å². The molecule has 0 spiro atoms. The molecule has 0 N–H and O–H groups in total. The first-order chi connectivity index (χ1) is 7.31. The highest BCUT2D eigenvalue weighted by Gasteiger charge is 2.09. The normalized spacial score (nSPS) is 10.3. The number of ether oxygens (including phenoxy) is 1. The molecule has 0 aliphatic heterocycles. The van der Waals surface area contributed by atoms with Gasteiger partial charge in [0.1, 0.15) is 5.01 Å². The second kappa shape index (κ2) is 4.45. The zero-order chi connectivity index (χ0) is 10.7. The monoisotopic (exact) mass is 219 g/mol. The molecule has 0 aliphatic carbocycles. The van der Waals surface area contributed by atoms with Crippen molar-refractivity contribution in [3.63, 3.8) is 0 Å². The van der Waals surface area contributed by atoms with Crippen LogP contribution in [0.5, 0.6) is 5.88 Å². The number of rotatable bonds is 3. The van der Waals surface area contributed by atoms with Gasteiger partial charge in [-0.25, -0.2) is 4.98 Å². The fourth-order valence-electron chi connectivity index (χ4n) is 1.36. The number of thiazole rings is 1. The molecule has 0 atom stereocenters. The van der Waals surface area contributed by atoms with Gasteiger partial charge in [0.15, 0.2) is 0 Å². The van der Waals surface area contributed by atoms with Gasteiger partial charge in [0.25, 0.3) is 0 Å². The lowest BCUT2D eigenvalue weighted by Crippen LogP contribution is -1.92. The van der Waals surface area contributed by atoms with E-state index < -0.39 is 0 Å². The quantitative estimate of drug-likeness (QED) is 0.788. The first kappa shape index (κ1) is 10.2. The van der Waals surface area contributed by atoms with E-state index in [0.717, 1.165) is 21.3 Å². The van der Waals surface area contributed by atoms with Gasteiger partial charge in [0.05, 0.1) is 11.5 Å². The van der Waals surface area contributed by atoms with Crippen molar-refractivity contribution in [1.29, 1.82) is 0 Å². The van der Waals surface area contributed by atoms with Crippen LogP contribution in [0, 0.1) is 6.92 Å². The Morgan fingerprint density at radius 1 is 1.27 bits per heavy atom. The van der Waals surface area contributed by atoms with E-state index >= 15 is 0 Å². The average molecular weight is 219 g/mol. The standard InChI is InChI=1S/C12H13NOS/c1-3-14-11-9(2)15-12(13-11)10-7-5-4-6-8-10/h4-8H,3H2,1-2H3. The van der Waals surface area contributed by atoms with Crippen LogP contribution < -0.4 is 4.74 Å². The van der Waals surface area contributed by atoms with Crippen molar-refractivity contribution in [3.05, 3.63) is 35.2 Å². The summed E-state index contributed by atoms with van der Waals surface area (Å²) in [5, 5.41) is 1.02. The van der Waals surface area contributed by atoms with Gasteiger partial charge < -0.3 is 4.74 Å². The van der Waals surface area contributed by atoms with Gasteiger partial charge in [-0.05, 0) is 13.8 Å². The number of hydrogen-bond acceptors (Lipinski definition) is 3. The molecular weight excluding hydrogens is 206 g/mol. The van der Waals surface area contributed by atoms with Crippen molar-refractivity contribution in [2.75, 3.05) is 6.61 Å². The summed E-state index contributed by atoms with van der Waals surface area (Å²) in [6.07, 6.45) is 0. The van der Waals surface area contributed by atoms with Crippen LogP contribution in [0.4, 0.5) is 0 Å². The van der Waals surface area contributed by atoms with Crippen molar-refractivity contribution in [3.8, 4) is 16.5 Å². The van der Waals surface area contributed by atoms with Gasteiger partial charge in [0, 0.05) is 5.56 Å². The summed E-state index contributed by atoms with van der Waals surface area (Å²) >= 11 is 1.67. The van der Waals surface area contributed by atoms with Crippen LogP contribution in [0.1, 0.15) is 11.8 Å². The van der Waals surface area contributed by atoms with E-state index in [2.05, 4.69) is 17.1 Å². The molecule has 3 heteroatoms. The predicted molar refractivity (Wildman–Crippen MR) is 63.5 cm³/mol. The van der Waals surface area contributed by atoms with Crippen LogP contribution in [0.15, 0.2) is 30.3 Å². The third kappa shape index (κ3) is 2.18. The largest absolute Gasteiger partial charge is 0.477 e. The minimum Gasteiger partial charge on any atom is -0.477 e. The van der Waals surface area contributed by atoms with Crippen LogP contribution in [0.3, 0.4) is 0 Å². The Labute approximate surface area is 93.6 Å². The summed E-state index contributed by atoms with van der Waals surface area (Å²) in [7, 11) is 0. The maximum atomic E-state index is 5.44. The van der Waals surface area contributed by atoms with Crippen LogP contribution in [-0.2, 0) is 0 Å². The highest BCUT2D eigenvalue weighted by atomic mass is 32.1. The van der Waals surface area contributed by atoms with Gasteiger partial charge >= 0.3 is 0 Å². The second-order valence-electron chi connectivity index (χ2n) is 3.18. The van der Waals surface area contributed by atoms with E-state index in [4.69, 9.17) is 4.74 Å². The molecule has 2 nitrogen and oxygen atoms in total. The third-order valence-corrected chi connectivity index (χ3v) is 3.06. The SMILES string of the molecule is CCOc1nc(-c2ccccc2)sc1C. The van der Waals surface area contributed by atoms with Crippen molar-refractivity contribution >= 4 is 11.3 Å². The molecule has 0 amide bonds. The van der Waals surface area contributed by atoms with Gasteiger partial charge in [0.2, 0.25) is 5.88 Å². The zero-order valence-corrected chi connectivity index (χ0v) is 9.67. The summed E-state index contributed by atoms with van der Waals surface area (Å²) in [6.45, 7) is 4.68. The fourth-order valence-corrected chi connectivity index (χ4v) is 2.22. The van der Waals surface area contributed by atoms with Crippen LogP contribution >= 0.6 is 11.3 Å². The molecule has 0 unspecified atom stereocenters.